The Morgan fingerprint density at radius 2 is 1.86 bits per heavy atom. The second-order valence-corrected chi connectivity index (χ2v) is 5.34. The third kappa shape index (κ3) is 3.09. The van der Waals surface area contributed by atoms with E-state index in [1.165, 1.54) is 0 Å². The standard InChI is InChI=1S/C17H17N3O2/c1-11-4-2-3-5-13(11)10-18-16(21)9-12-6-7-14-15(8-12)20-17(22)19-14/h2-8H,9-10H2,1H3,(H,18,21)(H2,19,20,22). The van der Waals surface area contributed by atoms with Gasteiger partial charge in [-0.1, -0.05) is 30.3 Å². The number of rotatable bonds is 4. The molecule has 0 bridgehead atoms. The van der Waals surface area contributed by atoms with E-state index >= 15 is 0 Å². The lowest BCUT2D eigenvalue weighted by atomic mass is 10.1. The normalized spacial score (nSPS) is 10.8. The number of H-pyrrole nitrogens is 2. The third-order valence-electron chi connectivity index (χ3n) is 3.68. The molecule has 1 aromatic heterocycles. The van der Waals surface area contributed by atoms with Crippen LogP contribution >= 0.6 is 0 Å². The van der Waals surface area contributed by atoms with Crippen molar-refractivity contribution in [3.05, 3.63) is 69.6 Å². The second kappa shape index (κ2) is 5.89. The molecule has 0 aliphatic carbocycles. The zero-order valence-corrected chi connectivity index (χ0v) is 12.3. The monoisotopic (exact) mass is 295 g/mol. The molecule has 22 heavy (non-hydrogen) atoms. The Hall–Kier alpha value is -2.82. The molecule has 3 aromatic rings. The minimum absolute atomic E-state index is 0.0412. The van der Waals surface area contributed by atoms with Gasteiger partial charge < -0.3 is 15.3 Å². The molecule has 0 saturated carbocycles. The number of aromatic amines is 2. The number of amides is 1. The van der Waals surface area contributed by atoms with Crippen LogP contribution in [0.25, 0.3) is 11.0 Å². The Morgan fingerprint density at radius 3 is 2.68 bits per heavy atom. The molecule has 1 amide bonds. The molecule has 2 aromatic carbocycles. The molecule has 1 heterocycles. The SMILES string of the molecule is Cc1ccccc1CNC(=O)Cc1ccc2[nH]c(=O)[nH]c2c1. The summed E-state index contributed by atoms with van der Waals surface area (Å²) < 4.78 is 0. The quantitative estimate of drug-likeness (QED) is 0.688. The van der Waals surface area contributed by atoms with Gasteiger partial charge in [0.15, 0.2) is 0 Å². The summed E-state index contributed by atoms with van der Waals surface area (Å²) >= 11 is 0. The molecule has 0 radical (unpaired) electrons. The number of benzene rings is 2. The maximum absolute atomic E-state index is 12.0. The number of carbonyl (C=O) groups excluding carboxylic acids is 1. The summed E-state index contributed by atoms with van der Waals surface area (Å²) in [5, 5.41) is 2.92. The average Bonchev–Trinajstić information content (AvgIpc) is 2.86. The Balaban J connectivity index is 1.65. The molecular formula is C17H17N3O2. The predicted molar refractivity (Wildman–Crippen MR) is 85.6 cm³/mol. The van der Waals surface area contributed by atoms with Crippen molar-refractivity contribution in [1.29, 1.82) is 0 Å². The van der Waals surface area contributed by atoms with E-state index in [1.54, 1.807) is 6.07 Å². The first kappa shape index (κ1) is 14.1. The van der Waals surface area contributed by atoms with Crippen molar-refractivity contribution >= 4 is 16.9 Å². The topological polar surface area (TPSA) is 77.8 Å². The lowest BCUT2D eigenvalue weighted by molar-refractivity contribution is -0.120. The number of aromatic nitrogens is 2. The number of fused-ring (bicyclic) bond motifs is 1. The van der Waals surface area contributed by atoms with Crippen molar-refractivity contribution in [3.8, 4) is 0 Å². The highest BCUT2D eigenvalue weighted by Gasteiger charge is 2.06. The maximum Gasteiger partial charge on any atom is 0.323 e. The van der Waals surface area contributed by atoms with E-state index in [0.717, 1.165) is 22.2 Å². The number of aryl methyl sites for hydroxylation is 1. The average molecular weight is 295 g/mol. The van der Waals surface area contributed by atoms with Gasteiger partial charge in [-0.25, -0.2) is 4.79 Å². The van der Waals surface area contributed by atoms with Gasteiger partial charge in [0.2, 0.25) is 5.91 Å². The van der Waals surface area contributed by atoms with Crippen LogP contribution in [0.15, 0.2) is 47.3 Å². The van der Waals surface area contributed by atoms with Crippen molar-refractivity contribution in [1.82, 2.24) is 15.3 Å². The number of hydrogen-bond acceptors (Lipinski definition) is 2. The van der Waals surface area contributed by atoms with Gasteiger partial charge in [0.25, 0.3) is 0 Å². The van der Waals surface area contributed by atoms with Crippen LogP contribution < -0.4 is 11.0 Å². The summed E-state index contributed by atoms with van der Waals surface area (Å²) in [4.78, 5) is 28.6. The Labute approximate surface area is 127 Å². The number of hydrogen-bond donors (Lipinski definition) is 3. The fourth-order valence-electron chi connectivity index (χ4n) is 2.44. The van der Waals surface area contributed by atoms with Gasteiger partial charge in [0, 0.05) is 6.54 Å². The van der Waals surface area contributed by atoms with E-state index in [1.807, 2.05) is 43.3 Å². The van der Waals surface area contributed by atoms with Crippen molar-refractivity contribution in [2.24, 2.45) is 0 Å². The van der Waals surface area contributed by atoms with Crippen LogP contribution in [0, 0.1) is 6.92 Å². The van der Waals surface area contributed by atoms with Crippen molar-refractivity contribution in [3.63, 3.8) is 0 Å². The minimum atomic E-state index is -0.240. The summed E-state index contributed by atoms with van der Waals surface area (Å²) in [5.74, 6) is -0.0412. The van der Waals surface area contributed by atoms with Crippen molar-refractivity contribution in [2.45, 2.75) is 19.9 Å². The Bertz CT molecular complexity index is 877. The molecule has 0 aliphatic rings. The van der Waals surface area contributed by atoms with E-state index < -0.39 is 0 Å². The summed E-state index contributed by atoms with van der Waals surface area (Å²) in [6, 6.07) is 13.4. The predicted octanol–water partition coefficient (Wildman–Crippen LogP) is 2.02. The number of imidazole rings is 1. The molecule has 3 rings (SSSR count). The zero-order chi connectivity index (χ0) is 15.5. The van der Waals surface area contributed by atoms with Crippen molar-refractivity contribution in [2.75, 3.05) is 0 Å². The van der Waals surface area contributed by atoms with E-state index in [-0.39, 0.29) is 18.0 Å². The molecule has 0 spiro atoms. The molecule has 0 saturated heterocycles. The molecule has 5 nitrogen and oxygen atoms in total. The lowest BCUT2D eigenvalue weighted by Crippen LogP contribution is -2.24. The highest BCUT2D eigenvalue weighted by Crippen LogP contribution is 2.11. The lowest BCUT2D eigenvalue weighted by Gasteiger charge is -2.08. The first-order chi connectivity index (χ1) is 10.6. The second-order valence-electron chi connectivity index (χ2n) is 5.34. The molecule has 0 atom stereocenters. The van der Waals surface area contributed by atoms with Gasteiger partial charge in [0.05, 0.1) is 17.5 Å². The van der Waals surface area contributed by atoms with Gasteiger partial charge in [-0.3, -0.25) is 4.79 Å². The van der Waals surface area contributed by atoms with Gasteiger partial charge in [-0.2, -0.15) is 0 Å². The fraction of sp³-hybridized carbons (Fsp3) is 0.176. The smallest absolute Gasteiger partial charge is 0.323 e. The summed E-state index contributed by atoms with van der Waals surface area (Å²) in [6.07, 6.45) is 0.287. The summed E-state index contributed by atoms with van der Waals surface area (Å²) in [7, 11) is 0. The fourth-order valence-corrected chi connectivity index (χ4v) is 2.44. The van der Waals surface area contributed by atoms with Gasteiger partial charge >= 0.3 is 5.69 Å². The molecule has 0 unspecified atom stereocenters. The van der Waals surface area contributed by atoms with E-state index in [4.69, 9.17) is 0 Å². The maximum atomic E-state index is 12.0. The van der Waals surface area contributed by atoms with E-state index in [0.29, 0.717) is 12.1 Å². The largest absolute Gasteiger partial charge is 0.352 e. The van der Waals surface area contributed by atoms with Crippen LogP contribution in [0.3, 0.4) is 0 Å². The highest BCUT2D eigenvalue weighted by atomic mass is 16.1. The number of carbonyl (C=O) groups is 1. The van der Waals surface area contributed by atoms with Crippen LogP contribution in [-0.2, 0) is 17.8 Å². The Kier molecular flexibility index (Phi) is 3.78. The third-order valence-corrected chi connectivity index (χ3v) is 3.68. The molecule has 5 heteroatoms. The van der Waals surface area contributed by atoms with Crippen LogP contribution in [0.5, 0.6) is 0 Å². The molecule has 3 N–H and O–H groups in total. The molecule has 112 valence electrons. The van der Waals surface area contributed by atoms with Gasteiger partial charge in [-0.15, -0.1) is 0 Å². The summed E-state index contributed by atoms with van der Waals surface area (Å²) in [5.41, 5.74) is 4.36. The molecule has 0 aliphatic heterocycles. The molecular weight excluding hydrogens is 278 g/mol. The van der Waals surface area contributed by atoms with Crippen molar-refractivity contribution < 1.29 is 4.79 Å². The number of nitrogens with one attached hydrogen (secondary N) is 3. The van der Waals surface area contributed by atoms with Gasteiger partial charge in [-0.05, 0) is 35.7 Å². The van der Waals surface area contributed by atoms with Crippen LogP contribution in [-0.4, -0.2) is 15.9 Å². The summed E-state index contributed by atoms with van der Waals surface area (Å²) in [6.45, 7) is 2.55. The van der Waals surface area contributed by atoms with Gasteiger partial charge in [0.1, 0.15) is 0 Å². The van der Waals surface area contributed by atoms with E-state index in [2.05, 4.69) is 15.3 Å². The first-order valence-electron chi connectivity index (χ1n) is 7.14. The highest BCUT2D eigenvalue weighted by molar-refractivity contribution is 5.81. The molecule has 0 fully saturated rings. The Morgan fingerprint density at radius 1 is 1.09 bits per heavy atom. The first-order valence-corrected chi connectivity index (χ1v) is 7.14. The van der Waals surface area contributed by atoms with E-state index in [9.17, 15) is 9.59 Å². The zero-order valence-electron chi connectivity index (χ0n) is 12.3. The minimum Gasteiger partial charge on any atom is -0.352 e. The van der Waals surface area contributed by atoms with Crippen LogP contribution in [0.4, 0.5) is 0 Å². The van der Waals surface area contributed by atoms with Crippen LogP contribution in [0.1, 0.15) is 16.7 Å². The van der Waals surface area contributed by atoms with Crippen LogP contribution in [0.2, 0.25) is 0 Å².